The Morgan fingerprint density at radius 1 is 0.714 bits per heavy atom. The predicted molar refractivity (Wildman–Crippen MR) is 110 cm³/mol. The van der Waals surface area contributed by atoms with Crippen LogP contribution >= 0.6 is 23.2 Å². The largest absolute Gasteiger partial charge is 0.345 e. The fourth-order valence-electron chi connectivity index (χ4n) is 1.64. The lowest BCUT2D eigenvalue weighted by Crippen LogP contribution is -2.30. The number of halogens is 2. The van der Waals surface area contributed by atoms with E-state index in [1.807, 2.05) is 0 Å². The van der Waals surface area contributed by atoms with Gasteiger partial charge in [0.05, 0.1) is 14.2 Å². The molecule has 0 spiro atoms. The molecule has 4 amide bonds. The molecule has 8 nitrogen and oxygen atoms in total. The van der Waals surface area contributed by atoms with Crippen molar-refractivity contribution in [1.29, 1.82) is 0 Å². The Kier molecular flexibility index (Phi) is 10.1. The first-order valence-corrected chi connectivity index (χ1v) is 8.71. The monoisotopic (exact) mass is 428 g/mol. The lowest BCUT2D eigenvalue weighted by molar-refractivity contribution is -0.0598. The van der Waals surface area contributed by atoms with Crippen molar-refractivity contribution in [3.05, 3.63) is 58.6 Å². The van der Waals surface area contributed by atoms with Gasteiger partial charge in [0.2, 0.25) is 0 Å². The molecule has 0 saturated carbocycles. The molecule has 0 bridgehead atoms. The first kappa shape index (κ1) is 23.5. The SMILES string of the molecule is CON(C)C(=O)Nc1ccc(Cl)cc1.CON(C)C(=O)Nc1ccc(Cl)cc1. The second kappa shape index (κ2) is 12.0. The van der Waals surface area contributed by atoms with Gasteiger partial charge in [0.25, 0.3) is 0 Å². The van der Waals surface area contributed by atoms with E-state index in [1.165, 1.54) is 28.3 Å². The van der Waals surface area contributed by atoms with Gasteiger partial charge in [0.1, 0.15) is 0 Å². The summed E-state index contributed by atoms with van der Waals surface area (Å²) in [5.41, 5.74) is 1.34. The highest BCUT2D eigenvalue weighted by atomic mass is 35.5. The average Bonchev–Trinajstić information content (AvgIpc) is 2.70. The van der Waals surface area contributed by atoms with E-state index in [4.69, 9.17) is 32.9 Å². The van der Waals surface area contributed by atoms with Crippen LogP contribution in [0.2, 0.25) is 10.0 Å². The molecule has 0 aliphatic heterocycles. The van der Waals surface area contributed by atoms with Crippen LogP contribution in [0, 0.1) is 0 Å². The maximum absolute atomic E-state index is 11.3. The number of hydroxylamine groups is 4. The Morgan fingerprint density at radius 3 is 1.25 bits per heavy atom. The fourth-order valence-corrected chi connectivity index (χ4v) is 1.89. The molecular formula is C18H22Cl2N4O4. The van der Waals surface area contributed by atoms with Crippen molar-refractivity contribution in [2.45, 2.75) is 0 Å². The molecule has 10 heteroatoms. The minimum absolute atomic E-state index is 0.338. The minimum Gasteiger partial charge on any atom is -0.306 e. The van der Waals surface area contributed by atoms with Gasteiger partial charge in [-0.2, -0.15) is 0 Å². The molecule has 0 radical (unpaired) electrons. The maximum Gasteiger partial charge on any atom is 0.345 e. The Morgan fingerprint density at radius 2 is 1.00 bits per heavy atom. The number of hydrogen-bond donors (Lipinski definition) is 2. The molecule has 2 N–H and O–H groups in total. The molecule has 0 unspecified atom stereocenters. The number of urea groups is 2. The fraction of sp³-hybridized carbons (Fsp3) is 0.222. The third-order valence-corrected chi connectivity index (χ3v) is 3.81. The lowest BCUT2D eigenvalue weighted by Gasteiger charge is -2.14. The first-order valence-electron chi connectivity index (χ1n) is 7.95. The van der Waals surface area contributed by atoms with Crippen molar-refractivity contribution in [2.75, 3.05) is 38.9 Å². The summed E-state index contributed by atoms with van der Waals surface area (Å²) in [4.78, 5) is 32.0. The van der Waals surface area contributed by atoms with Crippen LogP contribution in [0.25, 0.3) is 0 Å². The van der Waals surface area contributed by atoms with E-state index in [-0.39, 0.29) is 12.1 Å². The molecule has 0 aliphatic rings. The minimum atomic E-state index is -0.338. The number of hydrogen-bond acceptors (Lipinski definition) is 4. The summed E-state index contributed by atoms with van der Waals surface area (Å²) in [6.07, 6.45) is 0. The van der Waals surface area contributed by atoms with E-state index in [0.717, 1.165) is 10.1 Å². The Bertz CT molecular complexity index is 692. The van der Waals surface area contributed by atoms with Crippen LogP contribution in [0.5, 0.6) is 0 Å². The van der Waals surface area contributed by atoms with Crippen molar-refractivity contribution in [3.63, 3.8) is 0 Å². The summed E-state index contributed by atoms with van der Waals surface area (Å²) < 4.78 is 0. The van der Waals surface area contributed by atoms with E-state index in [1.54, 1.807) is 48.5 Å². The van der Waals surface area contributed by atoms with Gasteiger partial charge < -0.3 is 10.6 Å². The molecule has 28 heavy (non-hydrogen) atoms. The molecule has 0 aliphatic carbocycles. The quantitative estimate of drug-likeness (QED) is 0.689. The maximum atomic E-state index is 11.3. The van der Waals surface area contributed by atoms with Crippen LogP contribution in [0.4, 0.5) is 21.0 Å². The number of carbonyl (C=O) groups excluding carboxylic acids is 2. The molecule has 152 valence electrons. The van der Waals surface area contributed by atoms with Crippen molar-refractivity contribution >= 4 is 46.6 Å². The van der Waals surface area contributed by atoms with Crippen LogP contribution < -0.4 is 10.6 Å². The van der Waals surface area contributed by atoms with Crippen LogP contribution in [0.1, 0.15) is 0 Å². The van der Waals surface area contributed by atoms with Gasteiger partial charge >= 0.3 is 12.1 Å². The first-order chi connectivity index (χ1) is 13.3. The van der Waals surface area contributed by atoms with Crippen LogP contribution in [-0.4, -0.2) is 50.5 Å². The van der Waals surface area contributed by atoms with Gasteiger partial charge in [-0.25, -0.2) is 19.7 Å². The summed E-state index contributed by atoms with van der Waals surface area (Å²) in [5, 5.41) is 8.69. The summed E-state index contributed by atoms with van der Waals surface area (Å²) in [6, 6.07) is 13.0. The summed E-state index contributed by atoms with van der Waals surface area (Å²) in [6.45, 7) is 0. The Balaban J connectivity index is 0.000000280. The zero-order valence-electron chi connectivity index (χ0n) is 15.9. The number of rotatable bonds is 4. The molecular weight excluding hydrogens is 407 g/mol. The Hall–Kier alpha value is -2.52. The van der Waals surface area contributed by atoms with Gasteiger partial charge in [-0.15, -0.1) is 0 Å². The second-order valence-electron chi connectivity index (χ2n) is 5.23. The van der Waals surface area contributed by atoms with E-state index in [2.05, 4.69) is 10.6 Å². The van der Waals surface area contributed by atoms with E-state index >= 15 is 0 Å². The topological polar surface area (TPSA) is 83.1 Å². The number of carbonyl (C=O) groups is 2. The van der Waals surface area contributed by atoms with E-state index < -0.39 is 0 Å². The number of nitrogens with one attached hydrogen (secondary N) is 2. The van der Waals surface area contributed by atoms with Gasteiger partial charge in [-0.05, 0) is 48.5 Å². The highest BCUT2D eigenvalue weighted by Crippen LogP contribution is 2.14. The van der Waals surface area contributed by atoms with Crippen LogP contribution in [0.15, 0.2) is 48.5 Å². The summed E-state index contributed by atoms with van der Waals surface area (Å²) >= 11 is 11.4. The second-order valence-corrected chi connectivity index (χ2v) is 6.11. The third kappa shape index (κ3) is 8.45. The van der Waals surface area contributed by atoms with Crippen molar-refractivity contribution < 1.29 is 19.3 Å². The molecule has 2 rings (SSSR count). The van der Waals surface area contributed by atoms with Gasteiger partial charge in [0.15, 0.2) is 0 Å². The van der Waals surface area contributed by atoms with Crippen LogP contribution in [0.3, 0.4) is 0 Å². The molecule has 0 aromatic heterocycles. The number of anilines is 2. The smallest absolute Gasteiger partial charge is 0.306 e. The Labute approximate surface area is 173 Å². The lowest BCUT2D eigenvalue weighted by atomic mass is 10.3. The van der Waals surface area contributed by atoms with E-state index in [9.17, 15) is 9.59 Å². The van der Waals surface area contributed by atoms with Gasteiger partial charge in [-0.3, -0.25) is 9.68 Å². The molecule has 0 fully saturated rings. The van der Waals surface area contributed by atoms with Gasteiger partial charge in [-0.1, -0.05) is 23.2 Å². The predicted octanol–water partition coefficient (Wildman–Crippen LogP) is 4.73. The number of nitrogens with zero attached hydrogens (tertiary/aromatic N) is 2. The molecule has 2 aromatic rings. The normalized spacial score (nSPS) is 9.64. The summed E-state index contributed by atoms with van der Waals surface area (Å²) in [5.74, 6) is 0. The standard InChI is InChI=1S/2C9H11ClN2O2/c2*1-12(14-2)9(13)11-8-5-3-7(10)4-6-8/h2*3-6H,1-2H3,(H,11,13). The molecule has 2 aromatic carbocycles. The van der Waals surface area contributed by atoms with Crippen molar-refractivity contribution in [3.8, 4) is 0 Å². The zero-order valence-corrected chi connectivity index (χ0v) is 17.4. The molecule has 0 atom stereocenters. The zero-order chi connectivity index (χ0) is 21.1. The number of amides is 4. The summed E-state index contributed by atoms with van der Waals surface area (Å²) in [7, 11) is 5.87. The number of benzene rings is 2. The highest BCUT2D eigenvalue weighted by molar-refractivity contribution is 6.30. The van der Waals surface area contributed by atoms with Crippen molar-refractivity contribution in [1.82, 2.24) is 10.1 Å². The molecule has 0 heterocycles. The molecule has 0 saturated heterocycles. The van der Waals surface area contributed by atoms with Gasteiger partial charge in [0, 0.05) is 35.5 Å². The van der Waals surface area contributed by atoms with Crippen molar-refractivity contribution in [2.24, 2.45) is 0 Å². The highest BCUT2D eigenvalue weighted by Gasteiger charge is 2.07. The third-order valence-electron chi connectivity index (χ3n) is 3.31. The average molecular weight is 429 g/mol. The van der Waals surface area contributed by atoms with Crippen LogP contribution in [-0.2, 0) is 9.68 Å². The van der Waals surface area contributed by atoms with E-state index in [0.29, 0.717) is 21.4 Å².